The second-order valence-electron chi connectivity index (χ2n) is 3.97. The molecule has 18 heavy (non-hydrogen) atoms. The largest absolute Gasteiger partial charge is 0.316 e. The lowest BCUT2D eigenvalue weighted by Crippen LogP contribution is -2.04. The SMILES string of the molecule is CNCc1ccc(SCc2cncc(Br)c2)cc1. The third-order valence-electron chi connectivity index (χ3n) is 2.47. The van der Waals surface area contributed by atoms with Gasteiger partial charge in [0.2, 0.25) is 0 Å². The minimum Gasteiger partial charge on any atom is -0.316 e. The van der Waals surface area contributed by atoms with Gasteiger partial charge in [0.1, 0.15) is 0 Å². The van der Waals surface area contributed by atoms with E-state index in [-0.39, 0.29) is 0 Å². The van der Waals surface area contributed by atoms with Gasteiger partial charge in [-0.3, -0.25) is 4.98 Å². The van der Waals surface area contributed by atoms with Crippen LogP contribution in [-0.4, -0.2) is 12.0 Å². The van der Waals surface area contributed by atoms with E-state index in [0.29, 0.717) is 0 Å². The molecule has 2 nitrogen and oxygen atoms in total. The molecule has 0 atom stereocenters. The molecule has 0 unspecified atom stereocenters. The van der Waals surface area contributed by atoms with Crippen molar-refractivity contribution in [2.24, 2.45) is 0 Å². The predicted molar refractivity (Wildman–Crippen MR) is 80.7 cm³/mol. The van der Waals surface area contributed by atoms with Crippen molar-refractivity contribution in [1.82, 2.24) is 10.3 Å². The smallest absolute Gasteiger partial charge is 0.0410 e. The Balaban J connectivity index is 1.93. The number of rotatable bonds is 5. The Morgan fingerprint density at radius 2 is 1.94 bits per heavy atom. The number of hydrogen-bond acceptors (Lipinski definition) is 3. The fourth-order valence-electron chi connectivity index (χ4n) is 1.61. The summed E-state index contributed by atoms with van der Waals surface area (Å²) in [5.74, 6) is 0.942. The van der Waals surface area contributed by atoms with Crippen LogP contribution in [0.25, 0.3) is 0 Å². The maximum absolute atomic E-state index is 4.17. The molecule has 2 aromatic rings. The van der Waals surface area contributed by atoms with Crippen LogP contribution in [0, 0.1) is 0 Å². The number of nitrogens with zero attached hydrogens (tertiary/aromatic N) is 1. The van der Waals surface area contributed by atoms with E-state index in [0.717, 1.165) is 16.8 Å². The van der Waals surface area contributed by atoms with Gasteiger partial charge in [-0.15, -0.1) is 11.8 Å². The van der Waals surface area contributed by atoms with Gasteiger partial charge in [-0.05, 0) is 52.3 Å². The second kappa shape index (κ2) is 6.92. The zero-order valence-electron chi connectivity index (χ0n) is 10.2. The summed E-state index contributed by atoms with van der Waals surface area (Å²) >= 11 is 5.26. The minimum atomic E-state index is 0.917. The first kappa shape index (κ1) is 13.6. The number of hydrogen-bond donors (Lipinski definition) is 1. The number of nitrogens with one attached hydrogen (secondary N) is 1. The fourth-order valence-corrected chi connectivity index (χ4v) is 2.84. The van der Waals surface area contributed by atoms with E-state index >= 15 is 0 Å². The Hall–Kier alpha value is -0.840. The molecular formula is C14H15BrN2S. The highest BCUT2D eigenvalue weighted by atomic mass is 79.9. The van der Waals surface area contributed by atoms with E-state index in [1.165, 1.54) is 16.0 Å². The average Bonchev–Trinajstić information content (AvgIpc) is 2.38. The minimum absolute atomic E-state index is 0.917. The molecule has 94 valence electrons. The molecular weight excluding hydrogens is 308 g/mol. The van der Waals surface area contributed by atoms with Gasteiger partial charge in [0, 0.05) is 34.1 Å². The zero-order valence-corrected chi connectivity index (χ0v) is 12.6. The molecule has 0 bridgehead atoms. The van der Waals surface area contributed by atoms with Crippen LogP contribution in [0.15, 0.2) is 52.1 Å². The molecule has 0 aliphatic rings. The Kier molecular flexibility index (Phi) is 5.23. The van der Waals surface area contributed by atoms with E-state index in [1.54, 1.807) is 6.20 Å². The van der Waals surface area contributed by atoms with Crippen molar-refractivity contribution in [3.63, 3.8) is 0 Å². The molecule has 0 saturated heterocycles. The molecule has 0 spiro atoms. The predicted octanol–water partition coefficient (Wildman–Crippen LogP) is 3.86. The van der Waals surface area contributed by atoms with Gasteiger partial charge >= 0.3 is 0 Å². The first-order chi connectivity index (χ1) is 8.78. The quantitative estimate of drug-likeness (QED) is 0.846. The van der Waals surface area contributed by atoms with Crippen molar-refractivity contribution < 1.29 is 0 Å². The summed E-state index contributed by atoms with van der Waals surface area (Å²) in [5.41, 5.74) is 2.54. The molecule has 0 aliphatic carbocycles. The van der Waals surface area contributed by atoms with Crippen LogP contribution in [0.3, 0.4) is 0 Å². The Bertz CT molecular complexity index is 499. The topological polar surface area (TPSA) is 24.9 Å². The van der Waals surface area contributed by atoms with Gasteiger partial charge in [0.25, 0.3) is 0 Å². The van der Waals surface area contributed by atoms with Crippen molar-refractivity contribution >= 4 is 27.7 Å². The third-order valence-corrected chi connectivity index (χ3v) is 3.99. The normalized spacial score (nSPS) is 10.6. The first-order valence-electron chi connectivity index (χ1n) is 5.73. The Morgan fingerprint density at radius 1 is 1.17 bits per heavy atom. The zero-order chi connectivity index (χ0) is 12.8. The van der Waals surface area contributed by atoms with Crippen molar-refractivity contribution in [2.75, 3.05) is 7.05 Å². The van der Waals surface area contributed by atoms with Gasteiger partial charge in [0.15, 0.2) is 0 Å². The maximum Gasteiger partial charge on any atom is 0.0410 e. The van der Waals surface area contributed by atoms with Crippen LogP contribution < -0.4 is 5.32 Å². The van der Waals surface area contributed by atoms with Gasteiger partial charge in [-0.2, -0.15) is 0 Å². The number of aromatic nitrogens is 1. The summed E-state index contributed by atoms with van der Waals surface area (Å²) in [5, 5.41) is 3.15. The van der Waals surface area contributed by atoms with E-state index in [9.17, 15) is 0 Å². The molecule has 0 aliphatic heterocycles. The summed E-state index contributed by atoms with van der Waals surface area (Å²) in [4.78, 5) is 5.45. The standard InChI is InChI=1S/C14H15BrN2S/c1-16-7-11-2-4-14(5-3-11)18-10-12-6-13(15)9-17-8-12/h2-6,8-9,16H,7,10H2,1H3. The number of thioether (sulfide) groups is 1. The average molecular weight is 323 g/mol. The summed E-state index contributed by atoms with van der Waals surface area (Å²) < 4.78 is 1.03. The van der Waals surface area contributed by atoms with Gasteiger partial charge in [0.05, 0.1) is 0 Å². The second-order valence-corrected chi connectivity index (χ2v) is 5.94. The summed E-state index contributed by atoms with van der Waals surface area (Å²) in [7, 11) is 1.96. The lowest BCUT2D eigenvalue weighted by Gasteiger charge is -2.04. The highest BCUT2D eigenvalue weighted by molar-refractivity contribution is 9.10. The van der Waals surface area contributed by atoms with Crippen LogP contribution >= 0.6 is 27.7 Å². The fraction of sp³-hybridized carbons (Fsp3) is 0.214. The molecule has 1 heterocycles. The third kappa shape index (κ3) is 4.12. The summed E-state index contributed by atoms with van der Waals surface area (Å²) in [6.07, 6.45) is 3.72. The van der Waals surface area contributed by atoms with Gasteiger partial charge < -0.3 is 5.32 Å². The maximum atomic E-state index is 4.17. The van der Waals surface area contributed by atoms with Gasteiger partial charge in [-0.1, -0.05) is 12.1 Å². The van der Waals surface area contributed by atoms with Crippen molar-refractivity contribution in [3.8, 4) is 0 Å². The molecule has 2 rings (SSSR count). The molecule has 1 N–H and O–H groups in total. The van der Waals surface area contributed by atoms with E-state index in [2.05, 4.69) is 56.6 Å². The highest BCUT2D eigenvalue weighted by Gasteiger charge is 1.98. The van der Waals surface area contributed by atoms with Crippen molar-refractivity contribution in [2.45, 2.75) is 17.2 Å². The molecule has 0 radical (unpaired) electrons. The summed E-state index contributed by atoms with van der Waals surface area (Å²) in [6, 6.07) is 10.8. The molecule has 0 amide bonds. The number of halogens is 1. The van der Waals surface area contributed by atoms with Crippen molar-refractivity contribution in [3.05, 3.63) is 58.3 Å². The summed E-state index contributed by atoms with van der Waals surface area (Å²) in [6.45, 7) is 0.917. The van der Waals surface area contributed by atoms with Crippen LogP contribution in [-0.2, 0) is 12.3 Å². The van der Waals surface area contributed by atoms with Crippen LogP contribution in [0.4, 0.5) is 0 Å². The Morgan fingerprint density at radius 3 is 2.61 bits per heavy atom. The first-order valence-corrected chi connectivity index (χ1v) is 7.51. The van der Waals surface area contributed by atoms with Crippen molar-refractivity contribution in [1.29, 1.82) is 0 Å². The van der Waals surface area contributed by atoms with Crippen LogP contribution in [0.1, 0.15) is 11.1 Å². The Labute approximate surface area is 120 Å². The van der Waals surface area contributed by atoms with Crippen LogP contribution in [0.5, 0.6) is 0 Å². The molecule has 4 heteroatoms. The highest BCUT2D eigenvalue weighted by Crippen LogP contribution is 2.23. The van der Waals surface area contributed by atoms with Crippen LogP contribution in [0.2, 0.25) is 0 Å². The molecule has 0 saturated carbocycles. The van der Waals surface area contributed by atoms with Gasteiger partial charge in [-0.25, -0.2) is 0 Å². The number of benzene rings is 1. The van der Waals surface area contributed by atoms with E-state index in [4.69, 9.17) is 0 Å². The molecule has 1 aromatic heterocycles. The lowest BCUT2D eigenvalue weighted by atomic mass is 10.2. The van der Waals surface area contributed by atoms with E-state index in [1.807, 2.05) is 25.0 Å². The number of pyridine rings is 1. The lowest BCUT2D eigenvalue weighted by molar-refractivity contribution is 0.817. The monoisotopic (exact) mass is 322 g/mol. The molecule has 1 aromatic carbocycles. The van der Waals surface area contributed by atoms with E-state index < -0.39 is 0 Å². The molecule has 0 fully saturated rings.